The second kappa shape index (κ2) is 8.43. The summed E-state index contributed by atoms with van der Waals surface area (Å²) in [5.41, 5.74) is 1.95. The van der Waals surface area contributed by atoms with Gasteiger partial charge in [-0.25, -0.2) is 14.6 Å². The molecule has 9 nitrogen and oxygen atoms in total. The molecule has 162 valence electrons. The van der Waals surface area contributed by atoms with Gasteiger partial charge in [-0.15, -0.1) is 0 Å². The van der Waals surface area contributed by atoms with E-state index >= 15 is 0 Å². The molecule has 0 bridgehead atoms. The van der Waals surface area contributed by atoms with Gasteiger partial charge in [0.05, 0.1) is 29.9 Å². The van der Waals surface area contributed by atoms with Gasteiger partial charge in [-0.2, -0.15) is 5.10 Å². The number of nitrogens with zero attached hydrogens (tertiary/aromatic N) is 6. The number of pyridine rings is 1. The third-order valence-corrected chi connectivity index (χ3v) is 5.37. The van der Waals surface area contributed by atoms with Crippen molar-refractivity contribution >= 4 is 22.7 Å². The topological polar surface area (TPSA) is 93.5 Å². The fourth-order valence-corrected chi connectivity index (χ4v) is 3.77. The summed E-state index contributed by atoms with van der Waals surface area (Å²) in [6, 6.07) is 9.34. The lowest BCUT2D eigenvalue weighted by Crippen LogP contribution is -2.44. The number of para-hydroxylation sites is 1. The smallest absolute Gasteiger partial charge is 0.254 e. The molecule has 3 heterocycles. The summed E-state index contributed by atoms with van der Waals surface area (Å²) in [5, 5.41) is 5.07. The molecule has 2 amide bonds. The van der Waals surface area contributed by atoms with E-state index < -0.39 is 6.10 Å². The predicted octanol–water partition coefficient (Wildman–Crippen LogP) is 1.75. The molecule has 1 aliphatic heterocycles. The number of fused-ring (bicyclic) bond motifs is 1. The van der Waals surface area contributed by atoms with Crippen molar-refractivity contribution in [1.82, 2.24) is 29.5 Å². The van der Waals surface area contributed by atoms with Crippen LogP contribution in [0.3, 0.4) is 0 Å². The minimum absolute atomic E-state index is 0.0494. The number of ether oxygens (including phenoxy) is 1. The molecule has 1 aliphatic rings. The van der Waals surface area contributed by atoms with E-state index in [4.69, 9.17) is 9.72 Å². The summed E-state index contributed by atoms with van der Waals surface area (Å²) in [7, 11) is 3.45. The summed E-state index contributed by atoms with van der Waals surface area (Å²) in [5.74, 6) is 1.20. The molecule has 4 rings (SSSR count). The number of carbonyl (C=O) groups excluding carboxylic acids is 2. The standard InChI is InChI=1S/C22H26N6O3/c1-14-23-15(2)28(25-14)13-21(29)27-9-10-31-20(12-27)19-11-17(22(30)26(3)4)16-7-5-6-8-18(16)24-19/h5-8,11,20H,9-10,12-13H2,1-4H3. The molecule has 0 spiro atoms. The lowest BCUT2D eigenvalue weighted by atomic mass is 10.0. The third-order valence-electron chi connectivity index (χ3n) is 5.37. The molecule has 1 atom stereocenters. The van der Waals surface area contributed by atoms with Gasteiger partial charge < -0.3 is 14.5 Å². The maximum absolute atomic E-state index is 12.9. The van der Waals surface area contributed by atoms with E-state index in [1.807, 2.05) is 31.2 Å². The van der Waals surface area contributed by atoms with Crippen LogP contribution in [0.2, 0.25) is 0 Å². The zero-order valence-electron chi connectivity index (χ0n) is 18.2. The molecular formula is C22H26N6O3. The minimum atomic E-state index is -0.408. The van der Waals surface area contributed by atoms with Crippen molar-refractivity contribution in [3.05, 3.63) is 53.2 Å². The highest BCUT2D eigenvalue weighted by Crippen LogP contribution is 2.27. The Morgan fingerprint density at radius 3 is 2.68 bits per heavy atom. The lowest BCUT2D eigenvalue weighted by molar-refractivity contribution is -0.140. The molecule has 0 N–H and O–H groups in total. The van der Waals surface area contributed by atoms with Gasteiger partial charge in [0.15, 0.2) is 0 Å². The van der Waals surface area contributed by atoms with Gasteiger partial charge in [0.25, 0.3) is 5.91 Å². The fourth-order valence-electron chi connectivity index (χ4n) is 3.77. The molecule has 31 heavy (non-hydrogen) atoms. The quantitative estimate of drug-likeness (QED) is 0.636. The number of benzene rings is 1. The first kappa shape index (κ1) is 20.9. The number of hydrogen-bond donors (Lipinski definition) is 0. The Kier molecular flexibility index (Phi) is 5.69. The molecule has 9 heteroatoms. The zero-order valence-corrected chi connectivity index (χ0v) is 18.2. The number of morpholine rings is 1. The maximum Gasteiger partial charge on any atom is 0.254 e. The van der Waals surface area contributed by atoms with Crippen molar-refractivity contribution in [2.75, 3.05) is 33.8 Å². The Morgan fingerprint density at radius 2 is 1.97 bits per heavy atom. The number of carbonyl (C=O) groups is 2. The van der Waals surface area contributed by atoms with Gasteiger partial charge >= 0.3 is 0 Å². The Morgan fingerprint density at radius 1 is 1.19 bits per heavy atom. The lowest BCUT2D eigenvalue weighted by Gasteiger charge is -2.33. The van der Waals surface area contributed by atoms with Crippen LogP contribution in [-0.2, 0) is 16.1 Å². The predicted molar refractivity (Wildman–Crippen MR) is 115 cm³/mol. The number of rotatable bonds is 4. The normalized spacial score (nSPS) is 16.5. The van der Waals surface area contributed by atoms with Crippen LogP contribution in [0.15, 0.2) is 30.3 Å². The molecule has 0 saturated carbocycles. The van der Waals surface area contributed by atoms with Crippen LogP contribution in [0.1, 0.15) is 33.8 Å². The van der Waals surface area contributed by atoms with Crippen LogP contribution < -0.4 is 0 Å². The Hall–Kier alpha value is -3.33. The Bertz CT molecular complexity index is 1140. The van der Waals surface area contributed by atoms with Gasteiger partial charge in [0.2, 0.25) is 5.91 Å². The average molecular weight is 422 g/mol. The molecule has 1 unspecified atom stereocenters. The van der Waals surface area contributed by atoms with E-state index in [9.17, 15) is 9.59 Å². The van der Waals surface area contributed by atoms with Crippen molar-refractivity contribution in [3.63, 3.8) is 0 Å². The number of hydrogen-bond acceptors (Lipinski definition) is 6. The summed E-state index contributed by atoms with van der Waals surface area (Å²) in [6.07, 6.45) is -0.408. The molecule has 2 aromatic heterocycles. The third kappa shape index (κ3) is 4.27. The van der Waals surface area contributed by atoms with Crippen molar-refractivity contribution < 1.29 is 14.3 Å². The first-order valence-electron chi connectivity index (χ1n) is 10.2. The number of aromatic nitrogens is 4. The van der Waals surface area contributed by atoms with Crippen LogP contribution in [0.25, 0.3) is 10.9 Å². The SMILES string of the molecule is Cc1nc(C)n(CC(=O)N2CCOC(c3cc(C(=O)N(C)C)c4ccccc4n3)C2)n1. The number of aryl methyl sites for hydroxylation is 2. The molecular weight excluding hydrogens is 396 g/mol. The second-order valence-electron chi connectivity index (χ2n) is 7.87. The molecule has 3 aromatic rings. The number of amides is 2. The molecule has 0 aliphatic carbocycles. The van der Waals surface area contributed by atoms with E-state index in [-0.39, 0.29) is 18.4 Å². The molecule has 1 fully saturated rings. The molecule has 0 radical (unpaired) electrons. The van der Waals surface area contributed by atoms with Gasteiger partial charge in [0.1, 0.15) is 24.3 Å². The first-order chi connectivity index (χ1) is 14.8. The van der Waals surface area contributed by atoms with E-state index in [1.54, 1.807) is 41.6 Å². The summed E-state index contributed by atoms with van der Waals surface area (Å²) in [6.45, 7) is 5.03. The summed E-state index contributed by atoms with van der Waals surface area (Å²) in [4.78, 5) is 38.0. The van der Waals surface area contributed by atoms with Crippen LogP contribution >= 0.6 is 0 Å². The van der Waals surface area contributed by atoms with E-state index in [1.165, 1.54) is 0 Å². The van der Waals surface area contributed by atoms with E-state index in [0.717, 1.165) is 10.9 Å². The highest BCUT2D eigenvalue weighted by molar-refractivity contribution is 6.06. The van der Waals surface area contributed by atoms with Crippen LogP contribution in [0, 0.1) is 13.8 Å². The average Bonchev–Trinajstić information content (AvgIpc) is 3.08. The summed E-state index contributed by atoms with van der Waals surface area (Å²) >= 11 is 0. The largest absolute Gasteiger partial charge is 0.368 e. The highest BCUT2D eigenvalue weighted by atomic mass is 16.5. The monoisotopic (exact) mass is 422 g/mol. The Balaban J connectivity index is 1.60. The highest BCUT2D eigenvalue weighted by Gasteiger charge is 2.28. The van der Waals surface area contributed by atoms with Gasteiger partial charge in [-0.05, 0) is 26.0 Å². The zero-order chi connectivity index (χ0) is 22.1. The summed E-state index contributed by atoms with van der Waals surface area (Å²) < 4.78 is 7.57. The fraction of sp³-hybridized carbons (Fsp3) is 0.409. The van der Waals surface area contributed by atoms with Crippen molar-refractivity contribution in [3.8, 4) is 0 Å². The van der Waals surface area contributed by atoms with Crippen molar-refractivity contribution in [1.29, 1.82) is 0 Å². The maximum atomic E-state index is 12.9. The van der Waals surface area contributed by atoms with Gasteiger partial charge in [0, 0.05) is 26.0 Å². The van der Waals surface area contributed by atoms with Crippen molar-refractivity contribution in [2.24, 2.45) is 0 Å². The van der Waals surface area contributed by atoms with E-state index in [0.29, 0.717) is 42.6 Å². The van der Waals surface area contributed by atoms with Crippen LogP contribution in [-0.4, -0.2) is 75.2 Å². The molecule has 1 saturated heterocycles. The van der Waals surface area contributed by atoms with Crippen LogP contribution in [0.4, 0.5) is 0 Å². The Labute approximate surface area is 180 Å². The van der Waals surface area contributed by atoms with Gasteiger partial charge in [-0.1, -0.05) is 18.2 Å². The van der Waals surface area contributed by atoms with Crippen molar-refractivity contribution in [2.45, 2.75) is 26.5 Å². The first-order valence-corrected chi connectivity index (χ1v) is 10.2. The second-order valence-corrected chi connectivity index (χ2v) is 7.87. The van der Waals surface area contributed by atoms with E-state index in [2.05, 4.69) is 10.1 Å². The minimum Gasteiger partial charge on any atom is -0.368 e. The molecule has 1 aromatic carbocycles. The van der Waals surface area contributed by atoms with Crippen LogP contribution in [0.5, 0.6) is 0 Å². The van der Waals surface area contributed by atoms with Gasteiger partial charge in [-0.3, -0.25) is 9.59 Å².